The summed E-state index contributed by atoms with van der Waals surface area (Å²) in [6.45, 7) is 0.620. The highest BCUT2D eigenvalue weighted by atomic mass is 16.8. The summed E-state index contributed by atoms with van der Waals surface area (Å²) < 4.78 is 22.9. The number of nitrogens with zero attached hydrogens (tertiary/aromatic N) is 2. The van der Waals surface area contributed by atoms with E-state index >= 15 is 0 Å². The molecule has 2 aliphatic heterocycles. The Morgan fingerprint density at radius 3 is 2.02 bits per heavy atom. The van der Waals surface area contributed by atoms with Gasteiger partial charge in [-0.2, -0.15) is 0 Å². The molecule has 0 spiro atoms. The van der Waals surface area contributed by atoms with Crippen molar-refractivity contribution in [2.45, 2.75) is 98.2 Å². The third-order valence-corrected chi connectivity index (χ3v) is 7.34. The first kappa shape index (κ1) is 32.2. The Balaban J connectivity index is 1.96. The number of likely N-dealkylation sites (N-methyl/N-ethyl adjacent to an activating group) is 1. The van der Waals surface area contributed by atoms with Crippen LogP contribution in [0.4, 0.5) is 0 Å². The highest BCUT2D eigenvalue weighted by molar-refractivity contribution is 5.76. The molecule has 0 amide bonds. The van der Waals surface area contributed by atoms with Gasteiger partial charge < -0.3 is 82.9 Å². The molecule has 19 nitrogen and oxygen atoms in total. The standard InChI is InChI=1S/C21H39N7O12/c1-5-21(36,4-30)16(40-17-9(26-2)13(34)10(31)6(3-29)38-17)18(37-5)39-15-8(28-20(24)25)11(32)7(27-19(22)23)12(33)14(15)35/h4-18,26,29,31-36H,3H2,1-2H3,(H4,22,23,27)(H4,24,25,28)/t5-,6?,7?,8?,9?,10?,11?,12?,13?,14?,15-,16-,17?,18-,21+/m0/s1. The average molecular weight is 582 g/mol. The van der Waals surface area contributed by atoms with Crippen molar-refractivity contribution in [2.24, 2.45) is 32.9 Å². The van der Waals surface area contributed by atoms with Crippen LogP contribution in [0.3, 0.4) is 0 Å². The molecule has 3 rings (SSSR count). The van der Waals surface area contributed by atoms with Gasteiger partial charge in [0, 0.05) is 0 Å². The minimum Gasteiger partial charge on any atom is -0.394 e. The summed E-state index contributed by atoms with van der Waals surface area (Å²) >= 11 is 0. The summed E-state index contributed by atoms with van der Waals surface area (Å²) in [6.07, 6.45) is -17.3. The van der Waals surface area contributed by atoms with E-state index < -0.39 is 110 Å². The van der Waals surface area contributed by atoms with E-state index in [1.807, 2.05) is 0 Å². The molecule has 16 N–H and O–H groups in total. The molecule has 2 saturated heterocycles. The Hall–Kier alpha value is -2.27. The number of nitrogens with one attached hydrogen (secondary N) is 1. The van der Waals surface area contributed by atoms with E-state index in [0.29, 0.717) is 0 Å². The molecule has 19 heteroatoms. The first-order valence-corrected chi connectivity index (χ1v) is 12.4. The monoisotopic (exact) mass is 581 g/mol. The Kier molecular flexibility index (Phi) is 10.2. The molecule has 40 heavy (non-hydrogen) atoms. The number of carbonyl (C=O) groups excluding carboxylic acids is 1. The SMILES string of the molecule is CNC1C(O[C@H]2[C@H](O[C@@H]3C(O)C(O)C(N=C(N)N)C(O)C3N=C(N)N)O[C@@H](C)[C@]2(O)C=O)OC(CO)C(O)C1O. The third kappa shape index (κ3) is 6.00. The molecular formula is C21H39N7O12. The van der Waals surface area contributed by atoms with Gasteiger partial charge in [0.15, 0.2) is 36.4 Å². The molecule has 15 atom stereocenters. The smallest absolute Gasteiger partial charge is 0.188 e. The number of nitrogens with two attached hydrogens (primary N) is 4. The number of carbonyl (C=O) groups is 1. The van der Waals surface area contributed by atoms with Crippen molar-refractivity contribution < 1.29 is 59.5 Å². The molecule has 0 aromatic rings. The van der Waals surface area contributed by atoms with Crippen molar-refractivity contribution in [2.75, 3.05) is 13.7 Å². The third-order valence-electron chi connectivity index (χ3n) is 7.34. The van der Waals surface area contributed by atoms with Crippen molar-refractivity contribution >= 4 is 18.2 Å². The molecule has 1 aliphatic carbocycles. The summed E-state index contributed by atoms with van der Waals surface area (Å²) in [7, 11) is 1.42. The fourth-order valence-corrected chi connectivity index (χ4v) is 5.08. The van der Waals surface area contributed by atoms with Gasteiger partial charge in [0.05, 0.1) is 18.8 Å². The van der Waals surface area contributed by atoms with Crippen molar-refractivity contribution in [1.29, 1.82) is 0 Å². The number of ether oxygens (including phenoxy) is 4. The number of aldehydes is 1. The zero-order valence-electron chi connectivity index (χ0n) is 21.7. The zero-order chi connectivity index (χ0) is 30.1. The highest BCUT2D eigenvalue weighted by Gasteiger charge is 2.60. The quantitative estimate of drug-likeness (QED) is 0.0682. The molecular weight excluding hydrogens is 542 g/mol. The largest absolute Gasteiger partial charge is 0.394 e. The van der Waals surface area contributed by atoms with Crippen molar-refractivity contribution in [1.82, 2.24) is 5.32 Å². The second kappa shape index (κ2) is 12.7. The molecule has 2 heterocycles. The summed E-state index contributed by atoms with van der Waals surface area (Å²) in [4.78, 5) is 19.7. The van der Waals surface area contributed by atoms with E-state index in [1.54, 1.807) is 0 Å². The van der Waals surface area contributed by atoms with E-state index in [4.69, 9.17) is 41.9 Å². The molecule has 1 saturated carbocycles. The van der Waals surface area contributed by atoms with Crippen molar-refractivity contribution in [3.63, 3.8) is 0 Å². The number of guanidine groups is 2. The minimum atomic E-state index is -2.38. The van der Waals surface area contributed by atoms with Gasteiger partial charge in [-0.25, -0.2) is 9.98 Å². The number of aliphatic hydroxyl groups is 7. The van der Waals surface area contributed by atoms with Crippen LogP contribution in [0.5, 0.6) is 0 Å². The van der Waals surface area contributed by atoms with Crippen molar-refractivity contribution in [3.05, 3.63) is 0 Å². The van der Waals surface area contributed by atoms with Crippen LogP contribution >= 0.6 is 0 Å². The zero-order valence-corrected chi connectivity index (χ0v) is 21.7. The van der Waals surface area contributed by atoms with E-state index in [2.05, 4.69) is 15.3 Å². The van der Waals surface area contributed by atoms with Crippen LogP contribution in [0, 0.1) is 0 Å². The first-order valence-electron chi connectivity index (χ1n) is 12.4. The number of hydrogen-bond acceptors (Lipinski definition) is 15. The molecule has 3 aliphatic rings. The van der Waals surface area contributed by atoms with Crippen LogP contribution in [-0.4, -0.2) is 159 Å². The van der Waals surface area contributed by atoms with Crippen molar-refractivity contribution in [3.8, 4) is 0 Å². The van der Waals surface area contributed by atoms with Gasteiger partial charge in [0.25, 0.3) is 0 Å². The van der Waals surface area contributed by atoms with Gasteiger partial charge in [-0.3, -0.25) is 4.79 Å². The number of hydrogen-bond donors (Lipinski definition) is 12. The van der Waals surface area contributed by atoms with E-state index in [-0.39, 0.29) is 6.29 Å². The van der Waals surface area contributed by atoms with Gasteiger partial charge >= 0.3 is 0 Å². The lowest BCUT2D eigenvalue weighted by Gasteiger charge is -2.45. The second-order valence-electron chi connectivity index (χ2n) is 9.89. The second-order valence-corrected chi connectivity index (χ2v) is 9.89. The summed E-state index contributed by atoms with van der Waals surface area (Å²) in [5.41, 5.74) is 19.4. The van der Waals surface area contributed by atoms with Gasteiger partial charge in [0.2, 0.25) is 0 Å². The number of aliphatic imine (C=N–C) groups is 2. The molecule has 0 radical (unpaired) electrons. The molecule has 0 aromatic heterocycles. The molecule has 230 valence electrons. The van der Waals surface area contributed by atoms with Crippen LogP contribution in [0.1, 0.15) is 6.92 Å². The summed E-state index contributed by atoms with van der Waals surface area (Å²) in [5.74, 6) is -1.03. The normalized spacial score (nSPS) is 47.4. The lowest BCUT2D eigenvalue weighted by Crippen LogP contribution is -2.66. The Labute approximate surface area is 228 Å². The minimum absolute atomic E-state index is 0.140. The Bertz CT molecular complexity index is 940. The lowest BCUT2D eigenvalue weighted by atomic mass is 9.81. The first-order chi connectivity index (χ1) is 18.7. The van der Waals surface area contributed by atoms with E-state index in [9.17, 15) is 40.5 Å². The van der Waals surface area contributed by atoms with Gasteiger partial charge in [-0.15, -0.1) is 0 Å². The molecule has 3 fully saturated rings. The molecule has 0 bridgehead atoms. The fourth-order valence-electron chi connectivity index (χ4n) is 5.08. The fraction of sp³-hybridized carbons (Fsp3) is 0.857. The van der Waals surface area contributed by atoms with Crippen LogP contribution in [0.2, 0.25) is 0 Å². The predicted molar refractivity (Wildman–Crippen MR) is 133 cm³/mol. The maximum Gasteiger partial charge on any atom is 0.188 e. The van der Waals surface area contributed by atoms with Gasteiger partial charge in [0.1, 0.15) is 60.9 Å². The maximum atomic E-state index is 12.1. The average Bonchev–Trinajstić information content (AvgIpc) is 3.13. The van der Waals surface area contributed by atoms with Gasteiger partial charge in [-0.05, 0) is 14.0 Å². The van der Waals surface area contributed by atoms with Crippen LogP contribution < -0.4 is 28.3 Å². The van der Waals surface area contributed by atoms with E-state index in [0.717, 1.165) is 0 Å². The highest BCUT2D eigenvalue weighted by Crippen LogP contribution is 2.38. The van der Waals surface area contributed by atoms with Crippen LogP contribution in [0.25, 0.3) is 0 Å². The topological polar surface area (TPSA) is 336 Å². The Morgan fingerprint density at radius 1 is 0.900 bits per heavy atom. The Morgan fingerprint density at radius 2 is 1.50 bits per heavy atom. The van der Waals surface area contributed by atoms with Gasteiger partial charge in [-0.1, -0.05) is 0 Å². The summed E-state index contributed by atoms with van der Waals surface area (Å²) in [6, 6.07) is -4.08. The van der Waals surface area contributed by atoms with E-state index in [1.165, 1.54) is 14.0 Å². The predicted octanol–water partition coefficient (Wildman–Crippen LogP) is -8.16. The van der Waals surface area contributed by atoms with Crippen LogP contribution in [-0.2, 0) is 23.7 Å². The summed E-state index contributed by atoms with van der Waals surface area (Å²) in [5, 5.41) is 76.6. The molecule has 0 aromatic carbocycles. The number of aliphatic hydroxyl groups excluding tert-OH is 6. The molecule has 10 unspecified atom stereocenters. The van der Waals surface area contributed by atoms with Crippen LogP contribution in [0.15, 0.2) is 9.98 Å². The lowest BCUT2D eigenvalue weighted by molar-refractivity contribution is -0.314. The number of rotatable bonds is 9. The maximum absolute atomic E-state index is 12.1.